The predicted octanol–water partition coefficient (Wildman–Crippen LogP) is 0.829. The first-order valence-corrected chi connectivity index (χ1v) is 7.42. The van der Waals surface area contributed by atoms with E-state index in [-0.39, 0.29) is 11.8 Å². The lowest BCUT2D eigenvalue weighted by Gasteiger charge is -2.30. The van der Waals surface area contributed by atoms with Gasteiger partial charge < -0.3 is 21.5 Å². The molecule has 120 valence electrons. The fourth-order valence-corrected chi connectivity index (χ4v) is 2.78. The van der Waals surface area contributed by atoms with Crippen molar-refractivity contribution in [1.82, 2.24) is 10.6 Å². The Labute approximate surface area is 124 Å². The summed E-state index contributed by atoms with van der Waals surface area (Å²) >= 11 is 0. The molecule has 21 heavy (non-hydrogen) atoms. The number of rotatable bonds is 6. The maximum atomic E-state index is 12.2. The topological polar surface area (TPSA) is 122 Å². The Morgan fingerprint density at radius 3 is 2.10 bits per heavy atom. The van der Waals surface area contributed by atoms with E-state index in [4.69, 9.17) is 5.73 Å². The van der Waals surface area contributed by atoms with Crippen LogP contribution in [0.1, 0.15) is 46.0 Å². The second-order valence-electron chi connectivity index (χ2n) is 5.95. The molecule has 0 bridgehead atoms. The summed E-state index contributed by atoms with van der Waals surface area (Å²) in [4.78, 5) is 34.6. The summed E-state index contributed by atoms with van der Waals surface area (Å²) < 4.78 is 0. The van der Waals surface area contributed by atoms with Gasteiger partial charge in [0.05, 0.1) is 0 Å². The van der Waals surface area contributed by atoms with E-state index in [9.17, 15) is 19.5 Å². The highest BCUT2D eigenvalue weighted by Gasteiger charge is 2.33. The predicted molar refractivity (Wildman–Crippen MR) is 77.5 cm³/mol. The van der Waals surface area contributed by atoms with E-state index in [1.807, 2.05) is 0 Å². The molecule has 0 heterocycles. The number of primary amides is 1. The highest BCUT2D eigenvalue weighted by molar-refractivity contribution is 5.90. The largest absolute Gasteiger partial charge is 0.480 e. The third kappa shape index (κ3) is 5.24. The van der Waals surface area contributed by atoms with Crippen LogP contribution < -0.4 is 16.4 Å². The van der Waals surface area contributed by atoms with Gasteiger partial charge in [0.15, 0.2) is 0 Å². The molecule has 1 aliphatic carbocycles. The van der Waals surface area contributed by atoms with Crippen LogP contribution in [0.3, 0.4) is 0 Å². The van der Waals surface area contributed by atoms with E-state index in [0.29, 0.717) is 0 Å². The number of hydrogen-bond donors (Lipinski definition) is 4. The summed E-state index contributed by atoms with van der Waals surface area (Å²) in [6.45, 7) is 3.52. The number of urea groups is 1. The average molecular weight is 299 g/mol. The van der Waals surface area contributed by atoms with Gasteiger partial charge in [-0.3, -0.25) is 4.79 Å². The molecule has 0 aromatic carbocycles. The Kier molecular flexibility index (Phi) is 6.45. The summed E-state index contributed by atoms with van der Waals surface area (Å²) in [5.74, 6) is -1.77. The van der Waals surface area contributed by atoms with Gasteiger partial charge in [-0.15, -0.1) is 0 Å². The van der Waals surface area contributed by atoms with Crippen molar-refractivity contribution in [3.05, 3.63) is 0 Å². The van der Waals surface area contributed by atoms with Crippen molar-refractivity contribution in [1.29, 1.82) is 0 Å². The molecule has 2 unspecified atom stereocenters. The molecule has 7 heteroatoms. The van der Waals surface area contributed by atoms with Gasteiger partial charge in [0.25, 0.3) is 0 Å². The van der Waals surface area contributed by atoms with Crippen molar-refractivity contribution in [2.45, 2.75) is 58.0 Å². The molecule has 0 saturated heterocycles. The molecule has 0 spiro atoms. The normalized spacial score (nSPS) is 18.8. The molecule has 5 N–H and O–H groups in total. The number of aliphatic carboxylic acids is 1. The number of carbonyl (C=O) groups is 3. The van der Waals surface area contributed by atoms with E-state index < -0.39 is 30.0 Å². The Balaban J connectivity index is 2.74. The van der Waals surface area contributed by atoms with Gasteiger partial charge in [0.2, 0.25) is 5.91 Å². The lowest BCUT2D eigenvalue weighted by atomic mass is 9.83. The molecule has 7 nitrogen and oxygen atoms in total. The lowest BCUT2D eigenvalue weighted by molar-refractivity contribution is -0.144. The standard InChI is InChI=1S/C14H25N3O4/c1-8(2)10(17-14(15)21)12(18)16-11(13(19)20)9-6-4-3-5-7-9/h8-11H,3-7H2,1-2H3,(H,16,18)(H,19,20)(H3,15,17,21). The molecule has 0 radical (unpaired) electrons. The van der Waals surface area contributed by atoms with Crippen LogP contribution in [0.15, 0.2) is 0 Å². The average Bonchev–Trinajstić information content (AvgIpc) is 2.42. The molecule has 1 fully saturated rings. The second-order valence-corrected chi connectivity index (χ2v) is 5.95. The van der Waals surface area contributed by atoms with E-state index in [1.165, 1.54) is 0 Å². The molecule has 1 saturated carbocycles. The van der Waals surface area contributed by atoms with Crippen molar-refractivity contribution in [3.63, 3.8) is 0 Å². The summed E-state index contributed by atoms with van der Waals surface area (Å²) in [6, 6.07) is -2.53. The second kappa shape index (κ2) is 7.85. The summed E-state index contributed by atoms with van der Waals surface area (Å²) in [6.07, 6.45) is 4.67. The highest BCUT2D eigenvalue weighted by Crippen LogP contribution is 2.26. The van der Waals surface area contributed by atoms with Crippen LogP contribution in [0.4, 0.5) is 4.79 Å². The first-order chi connectivity index (χ1) is 9.82. The maximum absolute atomic E-state index is 12.2. The minimum atomic E-state index is -1.03. The summed E-state index contributed by atoms with van der Waals surface area (Å²) in [5.41, 5.74) is 5.06. The van der Waals surface area contributed by atoms with Crippen molar-refractivity contribution >= 4 is 17.9 Å². The lowest BCUT2D eigenvalue weighted by Crippen LogP contribution is -2.56. The van der Waals surface area contributed by atoms with Crippen molar-refractivity contribution in [2.24, 2.45) is 17.6 Å². The first kappa shape index (κ1) is 17.3. The number of carbonyl (C=O) groups excluding carboxylic acids is 2. The quantitative estimate of drug-likeness (QED) is 0.580. The van der Waals surface area contributed by atoms with Gasteiger partial charge >= 0.3 is 12.0 Å². The van der Waals surface area contributed by atoms with Crippen molar-refractivity contribution < 1.29 is 19.5 Å². The van der Waals surface area contributed by atoms with Gasteiger partial charge in [0.1, 0.15) is 12.1 Å². The van der Waals surface area contributed by atoms with Crippen LogP contribution in [-0.2, 0) is 9.59 Å². The van der Waals surface area contributed by atoms with Gasteiger partial charge in [-0.1, -0.05) is 33.1 Å². The molecule has 0 aromatic rings. The molecular weight excluding hydrogens is 274 g/mol. The van der Waals surface area contributed by atoms with E-state index in [2.05, 4.69) is 10.6 Å². The number of carboxylic acid groups (broad SMARTS) is 1. The molecule has 2 atom stereocenters. The zero-order valence-electron chi connectivity index (χ0n) is 12.6. The van der Waals surface area contributed by atoms with Gasteiger partial charge in [0, 0.05) is 0 Å². The molecule has 0 aliphatic heterocycles. The van der Waals surface area contributed by atoms with Crippen LogP contribution in [0.2, 0.25) is 0 Å². The van der Waals surface area contributed by atoms with Crippen LogP contribution in [0, 0.1) is 11.8 Å². The Morgan fingerprint density at radius 2 is 1.67 bits per heavy atom. The maximum Gasteiger partial charge on any atom is 0.326 e. The smallest absolute Gasteiger partial charge is 0.326 e. The number of nitrogens with one attached hydrogen (secondary N) is 2. The summed E-state index contributed by atoms with van der Waals surface area (Å²) in [5, 5.41) is 14.3. The number of nitrogens with two attached hydrogens (primary N) is 1. The third-order valence-corrected chi connectivity index (χ3v) is 3.93. The Hall–Kier alpha value is -1.79. The van der Waals surface area contributed by atoms with E-state index in [0.717, 1.165) is 32.1 Å². The zero-order chi connectivity index (χ0) is 16.0. The van der Waals surface area contributed by atoms with Crippen molar-refractivity contribution in [2.75, 3.05) is 0 Å². The molecule has 0 aromatic heterocycles. The zero-order valence-corrected chi connectivity index (χ0v) is 12.6. The number of carboxylic acids is 1. The van der Waals surface area contributed by atoms with Crippen LogP contribution in [0.5, 0.6) is 0 Å². The fourth-order valence-electron chi connectivity index (χ4n) is 2.78. The Bertz CT molecular complexity index is 392. The first-order valence-electron chi connectivity index (χ1n) is 7.42. The van der Waals surface area contributed by atoms with Crippen LogP contribution in [0.25, 0.3) is 0 Å². The Morgan fingerprint density at radius 1 is 1.10 bits per heavy atom. The SMILES string of the molecule is CC(C)C(NC(N)=O)C(=O)NC(C(=O)O)C1CCCCC1. The molecule has 3 amide bonds. The van der Waals surface area contributed by atoms with Gasteiger partial charge in [-0.25, -0.2) is 9.59 Å². The van der Waals surface area contributed by atoms with Gasteiger partial charge in [-0.05, 0) is 24.7 Å². The highest BCUT2D eigenvalue weighted by atomic mass is 16.4. The monoisotopic (exact) mass is 299 g/mol. The molecule has 1 rings (SSSR count). The summed E-state index contributed by atoms with van der Waals surface area (Å²) in [7, 11) is 0. The van der Waals surface area contributed by atoms with Crippen LogP contribution >= 0.6 is 0 Å². The number of hydrogen-bond acceptors (Lipinski definition) is 3. The minimum absolute atomic E-state index is 0.0541. The van der Waals surface area contributed by atoms with Gasteiger partial charge in [-0.2, -0.15) is 0 Å². The van der Waals surface area contributed by atoms with Crippen LogP contribution in [-0.4, -0.2) is 35.1 Å². The fraction of sp³-hybridized carbons (Fsp3) is 0.786. The van der Waals surface area contributed by atoms with Crippen molar-refractivity contribution in [3.8, 4) is 0 Å². The van der Waals surface area contributed by atoms with E-state index >= 15 is 0 Å². The third-order valence-electron chi connectivity index (χ3n) is 3.93. The molecular formula is C14H25N3O4. The van der Waals surface area contributed by atoms with E-state index in [1.54, 1.807) is 13.8 Å². The number of amides is 3. The molecule has 1 aliphatic rings. The minimum Gasteiger partial charge on any atom is -0.480 e.